The first-order valence-corrected chi connectivity index (χ1v) is 8.98. The second-order valence-electron chi connectivity index (χ2n) is 6.78. The molecule has 4 heteroatoms. The van der Waals surface area contributed by atoms with Gasteiger partial charge in [-0.15, -0.1) is 0 Å². The van der Waals surface area contributed by atoms with E-state index in [9.17, 15) is 4.79 Å². The molecule has 1 aliphatic heterocycles. The van der Waals surface area contributed by atoms with Crippen molar-refractivity contribution in [2.24, 2.45) is 0 Å². The van der Waals surface area contributed by atoms with E-state index in [1.54, 1.807) is 12.1 Å². The van der Waals surface area contributed by atoms with E-state index in [0.717, 1.165) is 38.0 Å². The summed E-state index contributed by atoms with van der Waals surface area (Å²) >= 11 is 0. The standard InChI is InChI=1S/C21H26N2O2/c1-16(18-7-3-2-4-8-18)23-12-10-20(11-13-23)22-15-17-6-5-9-19(14-17)21(24)25/h2-9,14,16,20,22H,10-13,15H2,1H3,(H,24,25). The molecule has 0 radical (unpaired) electrons. The van der Waals surface area contributed by atoms with Crippen molar-refractivity contribution in [3.8, 4) is 0 Å². The summed E-state index contributed by atoms with van der Waals surface area (Å²) in [5.74, 6) is -0.870. The van der Waals surface area contributed by atoms with Crippen LogP contribution in [0.4, 0.5) is 0 Å². The zero-order valence-electron chi connectivity index (χ0n) is 14.7. The maximum absolute atomic E-state index is 11.1. The lowest BCUT2D eigenvalue weighted by Crippen LogP contribution is -2.43. The SMILES string of the molecule is CC(c1ccccc1)N1CCC(NCc2cccc(C(=O)O)c2)CC1. The van der Waals surface area contributed by atoms with Gasteiger partial charge in [-0.3, -0.25) is 4.90 Å². The Morgan fingerprint density at radius 1 is 1.16 bits per heavy atom. The molecular weight excluding hydrogens is 312 g/mol. The summed E-state index contributed by atoms with van der Waals surface area (Å²) in [6, 6.07) is 18.8. The van der Waals surface area contributed by atoms with Crippen LogP contribution in [0.2, 0.25) is 0 Å². The largest absolute Gasteiger partial charge is 0.478 e. The lowest BCUT2D eigenvalue weighted by molar-refractivity contribution is 0.0696. The van der Waals surface area contributed by atoms with Gasteiger partial charge in [-0.05, 0) is 43.0 Å². The normalized spacial score (nSPS) is 17.3. The summed E-state index contributed by atoms with van der Waals surface area (Å²) in [6.45, 7) is 5.17. The number of hydrogen-bond donors (Lipinski definition) is 2. The molecule has 0 saturated carbocycles. The Kier molecular flexibility index (Phi) is 5.84. The van der Waals surface area contributed by atoms with Gasteiger partial charge >= 0.3 is 5.97 Å². The minimum Gasteiger partial charge on any atom is -0.478 e. The Balaban J connectivity index is 1.48. The summed E-state index contributed by atoms with van der Waals surface area (Å²) in [5.41, 5.74) is 2.75. The number of rotatable bonds is 6. The second-order valence-corrected chi connectivity index (χ2v) is 6.78. The van der Waals surface area contributed by atoms with Gasteiger partial charge in [0, 0.05) is 31.7 Å². The van der Waals surface area contributed by atoms with E-state index in [1.165, 1.54) is 5.56 Å². The van der Waals surface area contributed by atoms with E-state index in [0.29, 0.717) is 17.6 Å². The van der Waals surface area contributed by atoms with Gasteiger partial charge in [0.2, 0.25) is 0 Å². The molecule has 0 aliphatic carbocycles. The van der Waals surface area contributed by atoms with Crippen molar-refractivity contribution >= 4 is 5.97 Å². The van der Waals surface area contributed by atoms with E-state index < -0.39 is 5.97 Å². The predicted octanol–water partition coefficient (Wildman–Crippen LogP) is 3.70. The zero-order chi connectivity index (χ0) is 17.6. The molecule has 0 amide bonds. The molecular formula is C21H26N2O2. The predicted molar refractivity (Wildman–Crippen MR) is 99.7 cm³/mol. The average molecular weight is 338 g/mol. The number of nitrogens with one attached hydrogen (secondary N) is 1. The van der Waals surface area contributed by atoms with Gasteiger partial charge in [0.1, 0.15) is 0 Å². The number of benzene rings is 2. The van der Waals surface area contributed by atoms with Gasteiger partial charge in [0.05, 0.1) is 5.56 Å². The Hall–Kier alpha value is -2.17. The Morgan fingerprint density at radius 2 is 1.88 bits per heavy atom. The molecule has 1 aliphatic rings. The van der Waals surface area contributed by atoms with Crippen molar-refractivity contribution in [2.75, 3.05) is 13.1 Å². The fourth-order valence-corrected chi connectivity index (χ4v) is 3.51. The van der Waals surface area contributed by atoms with E-state index >= 15 is 0 Å². The number of hydrogen-bond acceptors (Lipinski definition) is 3. The number of carboxylic acids is 1. The zero-order valence-corrected chi connectivity index (χ0v) is 14.7. The van der Waals surface area contributed by atoms with Crippen LogP contribution in [0.5, 0.6) is 0 Å². The molecule has 132 valence electrons. The Morgan fingerprint density at radius 3 is 2.56 bits per heavy atom. The van der Waals surface area contributed by atoms with Crippen molar-refractivity contribution in [1.82, 2.24) is 10.2 Å². The second kappa shape index (κ2) is 8.28. The smallest absolute Gasteiger partial charge is 0.335 e. The van der Waals surface area contributed by atoms with Crippen molar-refractivity contribution in [1.29, 1.82) is 0 Å². The number of carboxylic acid groups (broad SMARTS) is 1. The molecule has 0 spiro atoms. The third-order valence-corrected chi connectivity index (χ3v) is 5.13. The highest BCUT2D eigenvalue weighted by molar-refractivity contribution is 5.87. The number of nitrogens with zero attached hydrogens (tertiary/aromatic N) is 1. The third-order valence-electron chi connectivity index (χ3n) is 5.13. The summed E-state index contributed by atoms with van der Waals surface area (Å²) in [5, 5.41) is 12.7. The van der Waals surface area contributed by atoms with Crippen molar-refractivity contribution < 1.29 is 9.90 Å². The molecule has 1 fully saturated rings. The van der Waals surface area contributed by atoms with Crippen LogP contribution >= 0.6 is 0 Å². The maximum atomic E-state index is 11.1. The molecule has 1 unspecified atom stereocenters. The highest BCUT2D eigenvalue weighted by Gasteiger charge is 2.23. The molecule has 1 saturated heterocycles. The highest BCUT2D eigenvalue weighted by Crippen LogP contribution is 2.24. The molecule has 2 aromatic carbocycles. The molecule has 0 bridgehead atoms. The van der Waals surface area contributed by atoms with Crippen LogP contribution in [-0.2, 0) is 6.54 Å². The van der Waals surface area contributed by atoms with Crippen LogP contribution in [-0.4, -0.2) is 35.1 Å². The number of piperidine rings is 1. The van der Waals surface area contributed by atoms with Crippen LogP contribution in [0.25, 0.3) is 0 Å². The number of aromatic carboxylic acids is 1. The highest BCUT2D eigenvalue weighted by atomic mass is 16.4. The maximum Gasteiger partial charge on any atom is 0.335 e. The van der Waals surface area contributed by atoms with Crippen LogP contribution in [0.1, 0.15) is 47.3 Å². The van der Waals surface area contributed by atoms with E-state index in [4.69, 9.17) is 5.11 Å². The lowest BCUT2D eigenvalue weighted by Gasteiger charge is -2.36. The number of carbonyl (C=O) groups is 1. The van der Waals surface area contributed by atoms with E-state index in [2.05, 4.69) is 47.5 Å². The van der Waals surface area contributed by atoms with Crippen LogP contribution in [0, 0.1) is 0 Å². The molecule has 0 aromatic heterocycles. The number of likely N-dealkylation sites (tertiary alicyclic amines) is 1. The van der Waals surface area contributed by atoms with Crippen LogP contribution in [0.3, 0.4) is 0 Å². The molecule has 25 heavy (non-hydrogen) atoms. The van der Waals surface area contributed by atoms with Crippen molar-refractivity contribution in [3.05, 3.63) is 71.3 Å². The van der Waals surface area contributed by atoms with Crippen molar-refractivity contribution in [3.63, 3.8) is 0 Å². The summed E-state index contributed by atoms with van der Waals surface area (Å²) in [4.78, 5) is 13.6. The van der Waals surface area contributed by atoms with Gasteiger partial charge in [-0.25, -0.2) is 4.79 Å². The summed E-state index contributed by atoms with van der Waals surface area (Å²) < 4.78 is 0. The first-order valence-electron chi connectivity index (χ1n) is 8.98. The topological polar surface area (TPSA) is 52.6 Å². The molecule has 4 nitrogen and oxygen atoms in total. The van der Waals surface area contributed by atoms with E-state index in [1.807, 2.05) is 12.1 Å². The van der Waals surface area contributed by atoms with Crippen LogP contribution < -0.4 is 5.32 Å². The minimum atomic E-state index is -0.870. The summed E-state index contributed by atoms with van der Waals surface area (Å²) in [7, 11) is 0. The van der Waals surface area contributed by atoms with Gasteiger partial charge in [0.25, 0.3) is 0 Å². The first-order chi connectivity index (χ1) is 12.1. The van der Waals surface area contributed by atoms with Crippen LogP contribution in [0.15, 0.2) is 54.6 Å². The van der Waals surface area contributed by atoms with Gasteiger partial charge < -0.3 is 10.4 Å². The Labute approximate surface area is 149 Å². The minimum absolute atomic E-state index is 0.353. The molecule has 1 atom stereocenters. The Bertz CT molecular complexity index is 694. The molecule has 2 N–H and O–H groups in total. The van der Waals surface area contributed by atoms with E-state index in [-0.39, 0.29) is 0 Å². The average Bonchev–Trinajstić information content (AvgIpc) is 2.67. The fraction of sp³-hybridized carbons (Fsp3) is 0.381. The van der Waals surface area contributed by atoms with Crippen molar-refractivity contribution in [2.45, 2.75) is 38.4 Å². The lowest BCUT2D eigenvalue weighted by atomic mass is 10.00. The molecule has 3 rings (SSSR count). The van der Waals surface area contributed by atoms with Gasteiger partial charge in [-0.1, -0.05) is 42.5 Å². The van der Waals surface area contributed by atoms with Gasteiger partial charge in [-0.2, -0.15) is 0 Å². The molecule has 1 heterocycles. The monoisotopic (exact) mass is 338 g/mol. The molecule has 2 aromatic rings. The fourth-order valence-electron chi connectivity index (χ4n) is 3.51. The first kappa shape index (κ1) is 17.6. The quantitative estimate of drug-likeness (QED) is 0.843. The summed E-state index contributed by atoms with van der Waals surface area (Å²) in [6.07, 6.45) is 2.24. The third kappa shape index (κ3) is 4.68. The van der Waals surface area contributed by atoms with Gasteiger partial charge in [0.15, 0.2) is 0 Å².